The van der Waals surface area contributed by atoms with Gasteiger partial charge in [0, 0.05) is 6.54 Å². The number of halogens is 1. The van der Waals surface area contributed by atoms with E-state index in [9.17, 15) is 5.11 Å². The topological polar surface area (TPSA) is 43.7 Å². The number of benzene rings is 1. The fourth-order valence-electron chi connectivity index (χ4n) is 1.37. The van der Waals surface area contributed by atoms with Gasteiger partial charge in [-0.05, 0) is 50.7 Å². The molecule has 0 saturated carbocycles. The second-order valence-corrected chi connectivity index (χ2v) is 3.80. The van der Waals surface area contributed by atoms with E-state index in [1.54, 1.807) is 0 Å². The van der Waals surface area contributed by atoms with Crippen molar-refractivity contribution in [3.63, 3.8) is 0 Å². The van der Waals surface area contributed by atoms with Crippen LogP contribution in [0.3, 0.4) is 0 Å². The largest absolute Gasteiger partial charge is 0.508 e. The Hall–Kier alpha value is -0.770. The summed E-state index contributed by atoms with van der Waals surface area (Å²) in [5.41, 5.74) is 3.37. The molecule has 0 aliphatic carbocycles. The van der Waals surface area contributed by atoms with Gasteiger partial charge >= 0.3 is 0 Å². The smallest absolute Gasteiger partial charge is 0.118 e. The zero-order valence-corrected chi connectivity index (χ0v) is 10.3. The molecule has 0 fully saturated rings. The lowest BCUT2D eigenvalue weighted by Gasteiger charge is -2.13. The average Bonchev–Trinajstić information content (AvgIpc) is 2.17. The summed E-state index contributed by atoms with van der Waals surface area (Å²) in [5.74, 6) is 0.389. The molecule has 0 aliphatic heterocycles. The number of aryl methyl sites for hydroxylation is 2. The number of aromatic hydroxyl groups is 1. The van der Waals surface area contributed by atoms with Crippen LogP contribution in [0.15, 0.2) is 12.1 Å². The number of nitrogens with zero attached hydrogens (tertiary/aromatic N) is 1. The van der Waals surface area contributed by atoms with E-state index in [-0.39, 0.29) is 0 Å². The molecule has 0 spiro atoms. The molecule has 0 unspecified atom stereocenters. The fraction of sp³-hybridized carbons (Fsp3) is 0.455. The number of hydrogen-bond acceptors (Lipinski definition) is 3. The average molecular weight is 232 g/mol. The SMILES string of the molecule is Cc1cc(CN(C)C)c(C)cc1O.OCl. The van der Waals surface area contributed by atoms with Crippen molar-refractivity contribution in [1.29, 1.82) is 0 Å². The molecular weight excluding hydrogens is 214 g/mol. The van der Waals surface area contributed by atoms with Crippen molar-refractivity contribution in [2.75, 3.05) is 14.1 Å². The van der Waals surface area contributed by atoms with Crippen molar-refractivity contribution < 1.29 is 9.77 Å². The first-order chi connectivity index (χ1) is 7.00. The Morgan fingerprint density at radius 2 is 1.67 bits per heavy atom. The van der Waals surface area contributed by atoms with E-state index in [4.69, 9.17) is 4.66 Å². The third kappa shape index (κ3) is 4.51. The zero-order valence-electron chi connectivity index (χ0n) is 9.58. The van der Waals surface area contributed by atoms with E-state index in [1.165, 1.54) is 5.56 Å². The van der Waals surface area contributed by atoms with Gasteiger partial charge in [0.2, 0.25) is 0 Å². The van der Waals surface area contributed by atoms with E-state index in [1.807, 2.05) is 40.1 Å². The number of phenols is 1. The van der Waals surface area contributed by atoms with Gasteiger partial charge in [-0.25, -0.2) is 0 Å². The molecule has 0 heterocycles. The van der Waals surface area contributed by atoms with E-state index >= 15 is 0 Å². The molecule has 4 heteroatoms. The van der Waals surface area contributed by atoms with Gasteiger partial charge in [0.15, 0.2) is 0 Å². The molecule has 1 aromatic rings. The highest BCUT2D eigenvalue weighted by Gasteiger charge is 2.03. The fourth-order valence-corrected chi connectivity index (χ4v) is 1.37. The van der Waals surface area contributed by atoms with Gasteiger partial charge < -0.3 is 10.0 Å². The molecule has 1 rings (SSSR count). The summed E-state index contributed by atoms with van der Waals surface area (Å²) >= 11 is 3.64. The summed E-state index contributed by atoms with van der Waals surface area (Å²) in [7, 11) is 4.09. The molecule has 15 heavy (non-hydrogen) atoms. The normalized spacial score (nSPS) is 9.80. The second-order valence-electron chi connectivity index (χ2n) is 3.80. The third-order valence-corrected chi connectivity index (χ3v) is 2.14. The molecule has 0 radical (unpaired) electrons. The highest BCUT2D eigenvalue weighted by atomic mass is 35.5. The summed E-state index contributed by atoms with van der Waals surface area (Å²) in [6, 6.07) is 3.87. The first-order valence-corrected chi connectivity index (χ1v) is 4.95. The van der Waals surface area contributed by atoms with Gasteiger partial charge in [0.1, 0.15) is 5.75 Å². The van der Waals surface area contributed by atoms with Crippen LogP contribution >= 0.6 is 11.9 Å². The maximum Gasteiger partial charge on any atom is 0.118 e. The van der Waals surface area contributed by atoms with Crippen LogP contribution in [0.4, 0.5) is 0 Å². The highest BCUT2D eigenvalue weighted by molar-refractivity contribution is 6.04. The Kier molecular flexibility index (Phi) is 6.32. The van der Waals surface area contributed by atoms with E-state index < -0.39 is 0 Å². The Morgan fingerprint density at radius 3 is 2.13 bits per heavy atom. The molecule has 0 atom stereocenters. The van der Waals surface area contributed by atoms with E-state index in [0.717, 1.165) is 17.7 Å². The van der Waals surface area contributed by atoms with Crippen molar-refractivity contribution in [2.24, 2.45) is 0 Å². The molecular formula is C11H18ClNO2. The zero-order chi connectivity index (χ0) is 12.0. The molecule has 1 aromatic carbocycles. The molecule has 0 aliphatic rings. The Bertz CT molecular complexity index is 314. The van der Waals surface area contributed by atoms with Crippen molar-refractivity contribution in [3.8, 4) is 5.75 Å². The maximum atomic E-state index is 9.45. The lowest BCUT2D eigenvalue weighted by molar-refractivity contribution is 0.400. The Balaban J connectivity index is 0.000000921. The summed E-state index contributed by atoms with van der Waals surface area (Å²) < 4.78 is 6.47. The van der Waals surface area contributed by atoms with Crippen LogP contribution in [0.1, 0.15) is 16.7 Å². The first kappa shape index (κ1) is 14.2. The van der Waals surface area contributed by atoms with Gasteiger partial charge in [-0.1, -0.05) is 6.07 Å². The molecule has 0 bridgehead atoms. The minimum Gasteiger partial charge on any atom is -0.508 e. The quantitative estimate of drug-likeness (QED) is 0.820. The van der Waals surface area contributed by atoms with Crippen LogP contribution in [0, 0.1) is 13.8 Å². The van der Waals surface area contributed by atoms with Crippen LogP contribution in [0.5, 0.6) is 5.75 Å². The van der Waals surface area contributed by atoms with Crippen molar-refractivity contribution in [2.45, 2.75) is 20.4 Å². The summed E-state index contributed by atoms with van der Waals surface area (Å²) in [5, 5.41) is 9.45. The molecule has 0 aromatic heterocycles. The van der Waals surface area contributed by atoms with Gasteiger partial charge in [-0.3, -0.25) is 4.66 Å². The predicted octanol–water partition coefficient (Wildman–Crippen LogP) is 2.20. The third-order valence-electron chi connectivity index (χ3n) is 2.14. The highest BCUT2D eigenvalue weighted by Crippen LogP contribution is 2.21. The van der Waals surface area contributed by atoms with E-state index in [2.05, 4.69) is 16.8 Å². The van der Waals surface area contributed by atoms with Crippen LogP contribution in [0.2, 0.25) is 0 Å². The van der Waals surface area contributed by atoms with Gasteiger partial charge in [0.05, 0.1) is 11.9 Å². The van der Waals surface area contributed by atoms with Gasteiger partial charge in [-0.15, -0.1) is 0 Å². The van der Waals surface area contributed by atoms with Crippen molar-refractivity contribution >= 4 is 11.9 Å². The van der Waals surface area contributed by atoms with E-state index in [0.29, 0.717) is 5.75 Å². The van der Waals surface area contributed by atoms with Crippen LogP contribution < -0.4 is 0 Å². The van der Waals surface area contributed by atoms with Crippen molar-refractivity contribution in [3.05, 3.63) is 28.8 Å². The maximum absolute atomic E-state index is 9.45. The summed E-state index contributed by atoms with van der Waals surface area (Å²) in [6.07, 6.45) is 0. The first-order valence-electron chi connectivity index (χ1n) is 4.61. The van der Waals surface area contributed by atoms with Crippen molar-refractivity contribution in [1.82, 2.24) is 4.90 Å². The summed E-state index contributed by atoms with van der Waals surface area (Å²) in [4.78, 5) is 2.12. The minimum atomic E-state index is 0.389. The van der Waals surface area contributed by atoms with Gasteiger partial charge in [0.25, 0.3) is 0 Å². The standard InChI is InChI=1S/C11H17NO.ClHO/c1-8-6-11(13)9(2)5-10(8)7-12(3)4;1-2/h5-6,13H,7H2,1-4H3;2H. The predicted molar refractivity (Wildman–Crippen MR) is 63.0 cm³/mol. The monoisotopic (exact) mass is 231 g/mol. The molecule has 0 amide bonds. The molecule has 2 N–H and O–H groups in total. The second kappa shape index (κ2) is 6.67. The summed E-state index contributed by atoms with van der Waals surface area (Å²) in [6.45, 7) is 4.87. The van der Waals surface area contributed by atoms with Crippen LogP contribution in [-0.2, 0) is 6.54 Å². The molecule has 0 saturated heterocycles. The number of hydrogen-bond donors (Lipinski definition) is 2. The Labute approximate surface area is 96.1 Å². The Morgan fingerprint density at radius 1 is 1.13 bits per heavy atom. The molecule has 86 valence electrons. The van der Waals surface area contributed by atoms with Gasteiger partial charge in [-0.2, -0.15) is 0 Å². The lowest BCUT2D eigenvalue weighted by Crippen LogP contribution is -2.11. The number of phenolic OH excluding ortho intramolecular Hbond substituents is 1. The molecule has 3 nitrogen and oxygen atoms in total. The minimum absolute atomic E-state index is 0.389. The van der Waals surface area contributed by atoms with Crippen LogP contribution in [0.25, 0.3) is 0 Å². The lowest BCUT2D eigenvalue weighted by atomic mass is 10.0. The van der Waals surface area contributed by atoms with Crippen LogP contribution in [-0.4, -0.2) is 28.8 Å². The number of rotatable bonds is 2.